The number of carbonyl (C=O) groups is 1. The number of hydrogen-bond acceptors (Lipinski definition) is 4. The molecule has 0 rings (SSSR count). The van der Waals surface area contributed by atoms with E-state index in [9.17, 15) is 18.0 Å². The van der Waals surface area contributed by atoms with E-state index in [1.54, 1.807) is 19.0 Å². The van der Waals surface area contributed by atoms with Crippen LogP contribution < -0.4 is 5.32 Å². The molecule has 0 heterocycles. The molecule has 0 aromatic rings. The van der Waals surface area contributed by atoms with Gasteiger partial charge in [0.1, 0.15) is 0 Å². The lowest BCUT2D eigenvalue weighted by Crippen LogP contribution is -2.92. The number of halogens is 3. The molecule has 0 radical (unpaired) electrons. The van der Waals surface area contributed by atoms with E-state index in [4.69, 9.17) is 13.0 Å². The van der Waals surface area contributed by atoms with E-state index in [0.29, 0.717) is 0 Å². The van der Waals surface area contributed by atoms with Gasteiger partial charge in [0.15, 0.2) is 16.2 Å². The van der Waals surface area contributed by atoms with Crippen LogP contribution in [0.25, 0.3) is 0 Å². The molecule has 0 spiro atoms. The highest BCUT2D eigenvalue weighted by molar-refractivity contribution is 7.86. The molecule has 1 amide bonds. The number of amides is 1. The van der Waals surface area contributed by atoms with Gasteiger partial charge in [0.2, 0.25) is 0 Å². The summed E-state index contributed by atoms with van der Waals surface area (Å²) < 4.78 is 58.9. The number of nitrogens with zero attached hydrogens (tertiary/aromatic N) is 1. The molecule has 0 aromatic heterocycles. The Bertz CT molecular complexity index is 413. The molecule has 0 unspecified atom stereocenters. The number of rotatable bonds is 2. The molecule has 122 valence electrons. The third-order valence-electron chi connectivity index (χ3n) is 2.26. The zero-order chi connectivity index (χ0) is 16.9. The van der Waals surface area contributed by atoms with Crippen molar-refractivity contribution in [2.24, 2.45) is 5.41 Å². The third-order valence-corrected chi connectivity index (χ3v) is 2.82. The van der Waals surface area contributed by atoms with Gasteiger partial charge in [0, 0.05) is 19.5 Å². The van der Waals surface area contributed by atoms with Gasteiger partial charge in [-0.05, 0) is 0 Å². The first-order valence-electron chi connectivity index (χ1n) is 5.58. The fourth-order valence-corrected chi connectivity index (χ4v) is 1.29. The van der Waals surface area contributed by atoms with Crippen LogP contribution in [0.4, 0.5) is 13.2 Å². The van der Waals surface area contributed by atoms with Crippen molar-refractivity contribution in [1.29, 1.82) is 0 Å². The highest BCUT2D eigenvalue weighted by atomic mass is 32.2. The Balaban J connectivity index is 0. The van der Waals surface area contributed by atoms with Crippen LogP contribution in [-0.2, 0) is 14.9 Å². The van der Waals surface area contributed by atoms with Crippen LogP contribution in [-0.4, -0.2) is 56.5 Å². The SMILES string of the molecule is C[NH2+][C@@H](C(=O)N(C)C)C(C)(C)C.O=S(=O)([O-])C(F)(F)F. The van der Waals surface area contributed by atoms with E-state index in [0.717, 1.165) is 0 Å². The molecule has 1 atom stereocenters. The summed E-state index contributed by atoms with van der Waals surface area (Å²) in [5, 5.41) is 1.97. The second kappa shape index (κ2) is 7.23. The fourth-order valence-electron chi connectivity index (χ4n) is 1.29. The van der Waals surface area contributed by atoms with Crippen molar-refractivity contribution in [3.63, 3.8) is 0 Å². The van der Waals surface area contributed by atoms with Crippen molar-refractivity contribution >= 4 is 16.0 Å². The quantitative estimate of drug-likeness (QED) is 0.559. The Kier molecular flexibility index (Phi) is 7.74. The van der Waals surface area contributed by atoms with Gasteiger partial charge in [-0.25, -0.2) is 8.42 Å². The van der Waals surface area contributed by atoms with Crippen LogP contribution in [0.3, 0.4) is 0 Å². The summed E-state index contributed by atoms with van der Waals surface area (Å²) in [6, 6.07) is 0.0208. The summed E-state index contributed by atoms with van der Waals surface area (Å²) in [7, 11) is -0.556. The van der Waals surface area contributed by atoms with Crippen LogP contribution in [0.5, 0.6) is 0 Å². The van der Waals surface area contributed by atoms with E-state index < -0.39 is 15.6 Å². The second-order valence-electron chi connectivity index (χ2n) is 5.31. The van der Waals surface area contributed by atoms with Crippen LogP contribution in [0.1, 0.15) is 20.8 Å². The van der Waals surface area contributed by atoms with E-state index in [1.807, 2.05) is 12.4 Å². The maximum absolute atomic E-state index is 11.6. The van der Waals surface area contributed by atoms with Gasteiger partial charge < -0.3 is 14.8 Å². The molecule has 20 heavy (non-hydrogen) atoms. The summed E-state index contributed by atoms with van der Waals surface area (Å²) >= 11 is 0. The minimum Gasteiger partial charge on any atom is -0.741 e. The lowest BCUT2D eigenvalue weighted by molar-refractivity contribution is -0.663. The van der Waals surface area contributed by atoms with Gasteiger partial charge in [-0.3, -0.25) is 4.79 Å². The molecule has 0 bridgehead atoms. The Morgan fingerprint density at radius 1 is 1.20 bits per heavy atom. The summed E-state index contributed by atoms with van der Waals surface area (Å²) in [4.78, 5) is 13.3. The topological polar surface area (TPSA) is 94.1 Å². The van der Waals surface area contributed by atoms with Gasteiger partial charge in [-0.15, -0.1) is 0 Å². The van der Waals surface area contributed by atoms with Crippen molar-refractivity contribution < 1.29 is 36.3 Å². The maximum atomic E-state index is 11.6. The average Bonchev–Trinajstić information content (AvgIpc) is 2.13. The first-order chi connectivity index (χ1) is 8.55. The minimum atomic E-state index is -6.09. The van der Waals surface area contributed by atoms with Crippen LogP contribution in [0, 0.1) is 5.41 Å². The fraction of sp³-hybridized carbons (Fsp3) is 0.900. The molecule has 0 aromatic carbocycles. The number of quaternary nitrogens is 1. The largest absolute Gasteiger partial charge is 0.741 e. The van der Waals surface area contributed by atoms with Crippen molar-refractivity contribution in [2.75, 3.05) is 21.1 Å². The van der Waals surface area contributed by atoms with Gasteiger partial charge in [-0.1, -0.05) is 20.8 Å². The number of likely N-dealkylation sites (N-methyl/N-ethyl adjacent to an activating group) is 2. The van der Waals surface area contributed by atoms with Gasteiger partial charge in [-0.2, -0.15) is 13.2 Å². The van der Waals surface area contributed by atoms with E-state index >= 15 is 0 Å². The predicted molar refractivity (Wildman–Crippen MR) is 65.5 cm³/mol. The number of hydrogen-bond donors (Lipinski definition) is 1. The molecule has 0 fully saturated rings. The highest BCUT2D eigenvalue weighted by Crippen LogP contribution is 2.20. The molecular formula is C10H21F3N2O4S. The van der Waals surface area contributed by atoms with Gasteiger partial charge >= 0.3 is 5.51 Å². The molecule has 6 nitrogen and oxygen atoms in total. The maximum Gasteiger partial charge on any atom is 0.485 e. The standard InChI is InChI=1S/C9H20N2O.CHF3O3S/c1-9(2,3)7(10-4)8(12)11(5)6;2-1(3,4)8(5,6)7/h7,10H,1-6H3;(H,5,6,7)/t7-;/m0./s1. The van der Waals surface area contributed by atoms with Gasteiger partial charge in [0.25, 0.3) is 5.91 Å². The van der Waals surface area contributed by atoms with Crippen LogP contribution in [0.15, 0.2) is 0 Å². The molecule has 0 saturated carbocycles. The van der Waals surface area contributed by atoms with E-state index in [-0.39, 0.29) is 17.4 Å². The van der Waals surface area contributed by atoms with Gasteiger partial charge in [0.05, 0.1) is 7.05 Å². The van der Waals surface area contributed by atoms with E-state index in [2.05, 4.69) is 20.8 Å². The third kappa shape index (κ3) is 7.65. The zero-order valence-electron chi connectivity index (χ0n) is 12.3. The first kappa shape index (κ1) is 21.4. The number of carbonyl (C=O) groups excluding carboxylic acids is 1. The molecule has 0 aliphatic rings. The molecule has 0 aliphatic heterocycles. The van der Waals surface area contributed by atoms with Crippen LogP contribution >= 0.6 is 0 Å². The summed E-state index contributed by atoms with van der Waals surface area (Å²) in [5.74, 6) is 0.185. The predicted octanol–water partition coefficient (Wildman–Crippen LogP) is -0.266. The normalized spacial score (nSPS) is 14.1. The number of alkyl halides is 3. The Morgan fingerprint density at radius 3 is 1.55 bits per heavy atom. The highest BCUT2D eigenvalue weighted by Gasteiger charge is 2.37. The Labute approximate surface area is 117 Å². The lowest BCUT2D eigenvalue weighted by atomic mass is 9.86. The molecule has 0 aliphatic carbocycles. The first-order valence-corrected chi connectivity index (χ1v) is 6.99. The molecular weight excluding hydrogens is 301 g/mol. The summed E-state index contributed by atoms with van der Waals surface area (Å²) in [6.07, 6.45) is 0. The summed E-state index contributed by atoms with van der Waals surface area (Å²) in [5.41, 5.74) is -5.62. The lowest BCUT2D eigenvalue weighted by Gasteiger charge is -2.28. The van der Waals surface area contributed by atoms with Crippen molar-refractivity contribution in [2.45, 2.75) is 32.3 Å². The number of nitrogens with two attached hydrogens (primary N) is 1. The molecule has 0 saturated heterocycles. The molecule has 10 heteroatoms. The zero-order valence-corrected chi connectivity index (χ0v) is 13.1. The van der Waals surface area contributed by atoms with Crippen molar-refractivity contribution in [3.8, 4) is 0 Å². The van der Waals surface area contributed by atoms with E-state index in [1.165, 1.54) is 0 Å². The summed E-state index contributed by atoms with van der Waals surface area (Å²) in [6.45, 7) is 6.25. The van der Waals surface area contributed by atoms with Crippen LogP contribution in [0.2, 0.25) is 0 Å². The smallest absolute Gasteiger partial charge is 0.485 e. The van der Waals surface area contributed by atoms with Crippen molar-refractivity contribution in [3.05, 3.63) is 0 Å². The Morgan fingerprint density at radius 2 is 1.50 bits per heavy atom. The monoisotopic (exact) mass is 322 g/mol. The average molecular weight is 322 g/mol. The minimum absolute atomic E-state index is 0.0208. The Hall–Kier alpha value is -0.870. The van der Waals surface area contributed by atoms with Crippen molar-refractivity contribution in [1.82, 2.24) is 4.90 Å². The second-order valence-corrected chi connectivity index (χ2v) is 6.68. The molecule has 2 N–H and O–H groups in total.